The quantitative estimate of drug-likeness (QED) is 0.653. The molecule has 0 aromatic heterocycles. The molecule has 1 aliphatic carbocycles. The second-order valence-electron chi connectivity index (χ2n) is 5.09. The molecule has 1 atom stereocenters. The highest BCUT2D eigenvalue weighted by Crippen LogP contribution is 2.35. The lowest BCUT2D eigenvalue weighted by atomic mass is 9.83. The number of carbonyl (C=O) groups is 1. The van der Waals surface area contributed by atoms with Crippen molar-refractivity contribution in [2.24, 2.45) is 5.92 Å². The van der Waals surface area contributed by atoms with Gasteiger partial charge in [0.2, 0.25) is 0 Å². The average molecular weight is 250 g/mol. The number of rotatable bonds is 6. The molecule has 0 heterocycles. The first kappa shape index (κ1) is 15.0. The van der Waals surface area contributed by atoms with Crippen molar-refractivity contribution in [2.75, 3.05) is 0 Å². The van der Waals surface area contributed by atoms with Crippen molar-refractivity contribution in [3.05, 3.63) is 23.8 Å². The smallest absolute Gasteiger partial charge is 0.309 e. The van der Waals surface area contributed by atoms with Crippen molar-refractivity contribution in [2.45, 2.75) is 65.4 Å². The Kier molecular flexibility index (Phi) is 5.64. The van der Waals surface area contributed by atoms with E-state index >= 15 is 0 Å². The van der Waals surface area contributed by atoms with Crippen LogP contribution in [-0.4, -0.2) is 11.6 Å². The number of allylic oxidation sites excluding steroid dienone is 3. The maximum atomic E-state index is 12.1. The molecule has 2 nitrogen and oxygen atoms in total. The van der Waals surface area contributed by atoms with E-state index in [2.05, 4.69) is 32.1 Å². The van der Waals surface area contributed by atoms with E-state index in [4.69, 9.17) is 4.74 Å². The Morgan fingerprint density at radius 2 is 2.06 bits per heavy atom. The van der Waals surface area contributed by atoms with Crippen molar-refractivity contribution in [1.82, 2.24) is 0 Å². The van der Waals surface area contributed by atoms with Gasteiger partial charge in [-0.1, -0.05) is 45.9 Å². The highest BCUT2D eigenvalue weighted by Gasteiger charge is 2.35. The average Bonchev–Trinajstić information content (AvgIpc) is 2.44. The van der Waals surface area contributed by atoms with Crippen LogP contribution in [0.3, 0.4) is 0 Å². The van der Waals surface area contributed by atoms with E-state index in [1.807, 2.05) is 13.8 Å². The SMILES string of the molecule is CCC(C)C(=O)OC(CC)(CC)C1=CC=CCC1. The number of ether oxygens (including phenoxy) is 1. The summed E-state index contributed by atoms with van der Waals surface area (Å²) in [4.78, 5) is 12.1. The van der Waals surface area contributed by atoms with E-state index in [0.717, 1.165) is 32.1 Å². The van der Waals surface area contributed by atoms with E-state index in [1.165, 1.54) is 5.57 Å². The van der Waals surface area contributed by atoms with Gasteiger partial charge in [-0.25, -0.2) is 0 Å². The van der Waals surface area contributed by atoms with E-state index in [0.29, 0.717) is 0 Å². The van der Waals surface area contributed by atoms with Crippen LogP contribution in [0, 0.1) is 5.92 Å². The minimum Gasteiger partial charge on any atom is -0.454 e. The fraction of sp³-hybridized carbons (Fsp3) is 0.688. The van der Waals surface area contributed by atoms with Crippen molar-refractivity contribution in [3.63, 3.8) is 0 Å². The molecule has 0 amide bonds. The first-order chi connectivity index (χ1) is 8.59. The van der Waals surface area contributed by atoms with Crippen LogP contribution in [0.25, 0.3) is 0 Å². The fourth-order valence-corrected chi connectivity index (χ4v) is 2.36. The van der Waals surface area contributed by atoms with Crippen LogP contribution in [0.1, 0.15) is 59.8 Å². The third kappa shape index (κ3) is 3.24. The van der Waals surface area contributed by atoms with Gasteiger partial charge in [0, 0.05) is 0 Å². The van der Waals surface area contributed by atoms with Gasteiger partial charge in [0.25, 0.3) is 0 Å². The lowest BCUT2D eigenvalue weighted by Gasteiger charge is -2.35. The Balaban J connectivity index is 2.89. The number of hydrogen-bond acceptors (Lipinski definition) is 2. The molecule has 0 N–H and O–H groups in total. The molecule has 1 unspecified atom stereocenters. The number of carbonyl (C=O) groups excluding carboxylic acids is 1. The van der Waals surface area contributed by atoms with Gasteiger partial charge in [-0.15, -0.1) is 0 Å². The summed E-state index contributed by atoms with van der Waals surface area (Å²) in [5, 5.41) is 0. The van der Waals surface area contributed by atoms with Gasteiger partial charge in [-0.05, 0) is 37.7 Å². The topological polar surface area (TPSA) is 26.3 Å². The van der Waals surface area contributed by atoms with Crippen LogP contribution in [0.5, 0.6) is 0 Å². The largest absolute Gasteiger partial charge is 0.454 e. The Morgan fingerprint density at radius 1 is 1.39 bits per heavy atom. The molecule has 0 aromatic rings. The third-order valence-electron chi connectivity index (χ3n) is 4.05. The van der Waals surface area contributed by atoms with Gasteiger partial charge in [0.15, 0.2) is 0 Å². The normalized spacial score (nSPS) is 17.2. The molecule has 0 spiro atoms. The molecule has 0 saturated heterocycles. The number of hydrogen-bond donors (Lipinski definition) is 0. The first-order valence-corrected chi connectivity index (χ1v) is 7.18. The molecular formula is C16H26O2. The van der Waals surface area contributed by atoms with Gasteiger partial charge < -0.3 is 4.74 Å². The highest BCUT2D eigenvalue weighted by atomic mass is 16.6. The number of esters is 1. The molecule has 0 bridgehead atoms. The molecular weight excluding hydrogens is 224 g/mol. The second kappa shape index (κ2) is 6.77. The highest BCUT2D eigenvalue weighted by molar-refractivity contribution is 5.72. The molecule has 0 aliphatic heterocycles. The van der Waals surface area contributed by atoms with E-state index in [9.17, 15) is 4.79 Å². The molecule has 0 fully saturated rings. The molecule has 1 aliphatic rings. The van der Waals surface area contributed by atoms with Gasteiger partial charge in [0.05, 0.1) is 5.92 Å². The van der Waals surface area contributed by atoms with Crippen molar-refractivity contribution in [1.29, 1.82) is 0 Å². The summed E-state index contributed by atoms with van der Waals surface area (Å²) < 4.78 is 5.89. The Hall–Kier alpha value is -1.05. The van der Waals surface area contributed by atoms with Gasteiger partial charge in [-0.3, -0.25) is 4.79 Å². The molecule has 18 heavy (non-hydrogen) atoms. The Morgan fingerprint density at radius 3 is 2.50 bits per heavy atom. The predicted octanol–water partition coefficient (Wildman–Crippen LogP) is 4.41. The van der Waals surface area contributed by atoms with Crippen LogP contribution in [0.4, 0.5) is 0 Å². The maximum absolute atomic E-state index is 12.1. The zero-order valence-electron chi connectivity index (χ0n) is 12.2. The Bertz CT molecular complexity index is 335. The van der Waals surface area contributed by atoms with E-state index in [-0.39, 0.29) is 17.5 Å². The van der Waals surface area contributed by atoms with Crippen LogP contribution < -0.4 is 0 Å². The zero-order chi connectivity index (χ0) is 13.6. The van der Waals surface area contributed by atoms with Gasteiger partial charge in [-0.2, -0.15) is 0 Å². The molecule has 0 aromatic carbocycles. The summed E-state index contributed by atoms with van der Waals surface area (Å²) in [6.07, 6.45) is 11.0. The maximum Gasteiger partial charge on any atom is 0.309 e. The van der Waals surface area contributed by atoms with Crippen LogP contribution in [0.15, 0.2) is 23.8 Å². The molecule has 102 valence electrons. The van der Waals surface area contributed by atoms with Crippen LogP contribution in [-0.2, 0) is 9.53 Å². The molecule has 1 rings (SSSR count). The minimum atomic E-state index is -0.384. The summed E-state index contributed by atoms with van der Waals surface area (Å²) >= 11 is 0. The second-order valence-corrected chi connectivity index (χ2v) is 5.09. The van der Waals surface area contributed by atoms with Crippen molar-refractivity contribution >= 4 is 5.97 Å². The van der Waals surface area contributed by atoms with Crippen molar-refractivity contribution in [3.8, 4) is 0 Å². The van der Waals surface area contributed by atoms with Gasteiger partial charge >= 0.3 is 5.97 Å². The summed E-state index contributed by atoms with van der Waals surface area (Å²) in [6, 6.07) is 0. The van der Waals surface area contributed by atoms with Gasteiger partial charge in [0.1, 0.15) is 5.60 Å². The lowest BCUT2D eigenvalue weighted by molar-refractivity contribution is -0.161. The molecule has 2 heteroatoms. The zero-order valence-corrected chi connectivity index (χ0v) is 12.2. The Labute approximate surface area is 111 Å². The lowest BCUT2D eigenvalue weighted by Crippen LogP contribution is -2.38. The minimum absolute atomic E-state index is 0.0118. The predicted molar refractivity (Wildman–Crippen MR) is 75.3 cm³/mol. The summed E-state index contributed by atoms with van der Waals surface area (Å²) in [5.74, 6) is -0.0705. The van der Waals surface area contributed by atoms with Crippen LogP contribution in [0.2, 0.25) is 0 Å². The summed E-state index contributed by atoms with van der Waals surface area (Å²) in [7, 11) is 0. The molecule has 0 saturated carbocycles. The monoisotopic (exact) mass is 250 g/mol. The first-order valence-electron chi connectivity index (χ1n) is 7.18. The summed E-state index contributed by atoms with van der Waals surface area (Å²) in [6.45, 7) is 8.17. The summed E-state index contributed by atoms with van der Waals surface area (Å²) in [5.41, 5.74) is 0.886. The van der Waals surface area contributed by atoms with E-state index in [1.54, 1.807) is 0 Å². The fourth-order valence-electron chi connectivity index (χ4n) is 2.36. The van der Waals surface area contributed by atoms with E-state index < -0.39 is 0 Å². The standard InChI is InChI=1S/C16H26O2/c1-5-13(4)15(17)18-16(6-2,7-3)14-11-9-8-10-12-14/h8-9,11,13H,5-7,10,12H2,1-4H3. The molecule has 0 radical (unpaired) electrons. The third-order valence-corrected chi connectivity index (χ3v) is 4.05. The van der Waals surface area contributed by atoms with Crippen molar-refractivity contribution < 1.29 is 9.53 Å². The van der Waals surface area contributed by atoms with Crippen LogP contribution >= 0.6 is 0 Å².